The molecule has 196 valence electrons. The van der Waals surface area contributed by atoms with E-state index in [2.05, 4.69) is 20.9 Å². The molecule has 13 nitrogen and oxygen atoms in total. The van der Waals surface area contributed by atoms with Gasteiger partial charge in [-0.2, -0.15) is 11.8 Å². The van der Waals surface area contributed by atoms with Crippen LogP contribution in [0.3, 0.4) is 0 Å². The molecule has 4 atom stereocenters. The monoisotopic (exact) mass is 505 g/mol. The molecule has 0 fully saturated rings. The number of carbonyl (C=O) groups is 4. The summed E-state index contributed by atoms with van der Waals surface area (Å²) in [4.78, 5) is 53.2. The number of nitrogens with one attached hydrogen (secondary N) is 3. The van der Waals surface area contributed by atoms with Gasteiger partial charge in [-0.3, -0.25) is 19.4 Å². The highest BCUT2D eigenvalue weighted by molar-refractivity contribution is 7.98. The van der Waals surface area contributed by atoms with Crippen molar-refractivity contribution < 1.29 is 29.4 Å². The van der Waals surface area contributed by atoms with Crippen molar-refractivity contribution in [2.75, 3.05) is 25.2 Å². The number of guanidine groups is 1. The third-order valence-corrected chi connectivity index (χ3v) is 5.33. The number of aliphatic imine (C=N–C) groups is 1. The molecule has 0 aliphatic heterocycles. The van der Waals surface area contributed by atoms with Crippen LogP contribution in [0.4, 0.5) is 0 Å². The highest BCUT2D eigenvalue weighted by Gasteiger charge is 2.30. The smallest absolute Gasteiger partial charge is 0.328 e. The van der Waals surface area contributed by atoms with Gasteiger partial charge in [0, 0.05) is 6.54 Å². The second-order valence-corrected chi connectivity index (χ2v) is 9.16. The number of aliphatic carboxylic acids is 1. The molecule has 34 heavy (non-hydrogen) atoms. The molecule has 0 aromatic heterocycles. The Morgan fingerprint density at radius 1 is 0.941 bits per heavy atom. The zero-order chi connectivity index (χ0) is 26.3. The van der Waals surface area contributed by atoms with E-state index in [1.807, 2.05) is 20.1 Å². The summed E-state index contributed by atoms with van der Waals surface area (Å²) in [6.07, 6.45) is 3.05. The standard InChI is InChI=1S/C20H39N7O6S/c1-11(2)9-14(18(31)27-15(10-28)19(32)33)26-17(30)13(5-4-7-24-20(22)23)25-16(29)12(21)6-8-34-3/h11-15,28H,4-10,21H2,1-3H3,(H,25,29)(H,26,30)(H,27,31)(H,32,33)(H4,22,23,24). The first-order chi connectivity index (χ1) is 15.9. The van der Waals surface area contributed by atoms with E-state index in [1.54, 1.807) is 0 Å². The van der Waals surface area contributed by atoms with Crippen molar-refractivity contribution in [2.24, 2.45) is 28.1 Å². The quantitative estimate of drug-likeness (QED) is 0.0597. The van der Waals surface area contributed by atoms with E-state index in [0.29, 0.717) is 18.6 Å². The lowest BCUT2D eigenvalue weighted by molar-refractivity contribution is -0.143. The second-order valence-electron chi connectivity index (χ2n) is 8.17. The van der Waals surface area contributed by atoms with Crippen LogP contribution in [0.5, 0.6) is 0 Å². The first kappa shape index (κ1) is 31.4. The van der Waals surface area contributed by atoms with Gasteiger partial charge in [0.05, 0.1) is 12.6 Å². The normalized spacial score (nSPS) is 14.4. The molecule has 0 aliphatic rings. The minimum atomic E-state index is -1.51. The fraction of sp³-hybridized carbons (Fsp3) is 0.750. The Morgan fingerprint density at radius 3 is 2.00 bits per heavy atom. The fourth-order valence-electron chi connectivity index (χ4n) is 2.86. The summed E-state index contributed by atoms with van der Waals surface area (Å²) in [5, 5.41) is 25.7. The van der Waals surface area contributed by atoms with Gasteiger partial charge in [0.2, 0.25) is 17.7 Å². The number of carboxylic acid groups (broad SMARTS) is 1. The summed E-state index contributed by atoms with van der Waals surface area (Å²) in [7, 11) is 0. The molecule has 0 aromatic carbocycles. The van der Waals surface area contributed by atoms with Gasteiger partial charge in [0.25, 0.3) is 0 Å². The molecule has 0 aliphatic carbocycles. The number of amides is 3. The molecule has 4 unspecified atom stereocenters. The van der Waals surface area contributed by atoms with Crippen molar-refractivity contribution in [3.63, 3.8) is 0 Å². The van der Waals surface area contributed by atoms with Crippen LogP contribution in [0.25, 0.3) is 0 Å². The summed E-state index contributed by atoms with van der Waals surface area (Å²) in [5.74, 6) is -2.76. The largest absolute Gasteiger partial charge is 0.480 e. The molecule has 0 bridgehead atoms. The number of hydrogen-bond acceptors (Lipinski definition) is 8. The number of thioether (sulfide) groups is 1. The summed E-state index contributed by atoms with van der Waals surface area (Å²) in [6.45, 7) is 3.08. The Kier molecular flexibility index (Phi) is 15.7. The number of hydrogen-bond donors (Lipinski definition) is 8. The van der Waals surface area contributed by atoms with Crippen molar-refractivity contribution in [1.29, 1.82) is 0 Å². The number of aliphatic hydroxyl groups excluding tert-OH is 1. The van der Waals surface area contributed by atoms with Crippen molar-refractivity contribution in [1.82, 2.24) is 16.0 Å². The first-order valence-corrected chi connectivity index (χ1v) is 12.4. The zero-order valence-corrected chi connectivity index (χ0v) is 20.8. The van der Waals surface area contributed by atoms with E-state index in [4.69, 9.17) is 22.3 Å². The summed E-state index contributed by atoms with van der Waals surface area (Å²) < 4.78 is 0. The molecule has 0 radical (unpaired) electrons. The Balaban J connectivity index is 5.48. The number of aliphatic hydroxyl groups is 1. The lowest BCUT2D eigenvalue weighted by atomic mass is 10.0. The summed E-state index contributed by atoms with van der Waals surface area (Å²) in [6, 6.07) is -4.42. The topological polar surface area (TPSA) is 235 Å². The molecule has 11 N–H and O–H groups in total. The van der Waals surface area contributed by atoms with Crippen LogP contribution in [0.2, 0.25) is 0 Å². The Bertz CT molecular complexity index is 703. The SMILES string of the molecule is CSCCC(N)C(=O)NC(CCCN=C(N)N)C(=O)NC(CC(C)C)C(=O)NC(CO)C(=O)O. The molecule has 0 saturated carbocycles. The third kappa shape index (κ3) is 13.2. The van der Waals surface area contributed by atoms with E-state index in [1.165, 1.54) is 11.8 Å². The third-order valence-electron chi connectivity index (χ3n) is 4.69. The van der Waals surface area contributed by atoms with Crippen LogP contribution in [0.1, 0.15) is 39.5 Å². The van der Waals surface area contributed by atoms with E-state index >= 15 is 0 Å². The first-order valence-electron chi connectivity index (χ1n) is 11.0. The molecule has 3 amide bonds. The minimum absolute atomic E-state index is 0.0247. The van der Waals surface area contributed by atoms with E-state index in [9.17, 15) is 24.3 Å². The molecule has 0 aromatic rings. The maximum Gasteiger partial charge on any atom is 0.328 e. The highest BCUT2D eigenvalue weighted by Crippen LogP contribution is 2.08. The fourth-order valence-corrected chi connectivity index (χ4v) is 3.35. The second kappa shape index (κ2) is 16.9. The number of nitrogens with two attached hydrogens (primary N) is 3. The molecule has 14 heteroatoms. The Labute approximate surface area is 204 Å². The predicted molar refractivity (Wildman–Crippen MR) is 131 cm³/mol. The van der Waals surface area contributed by atoms with Crippen LogP contribution in [-0.2, 0) is 19.2 Å². The van der Waals surface area contributed by atoms with E-state index in [-0.39, 0.29) is 31.3 Å². The summed E-state index contributed by atoms with van der Waals surface area (Å²) in [5.41, 5.74) is 16.5. The van der Waals surface area contributed by atoms with Gasteiger partial charge in [0.15, 0.2) is 5.96 Å². The number of carbonyl (C=O) groups excluding carboxylic acids is 3. The van der Waals surface area contributed by atoms with Gasteiger partial charge in [-0.05, 0) is 43.6 Å². The van der Waals surface area contributed by atoms with Crippen molar-refractivity contribution in [3.05, 3.63) is 0 Å². The molecule has 0 spiro atoms. The van der Waals surface area contributed by atoms with Crippen molar-refractivity contribution in [2.45, 2.75) is 63.7 Å². The Hall–Kier alpha value is -2.58. The van der Waals surface area contributed by atoms with Gasteiger partial charge in [-0.1, -0.05) is 13.8 Å². The van der Waals surface area contributed by atoms with Crippen LogP contribution in [0.15, 0.2) is 4.99 Å². The molecule has 0 heterocycles. The van der Waals surface area contributed by atoms with Crippen LogP contribution in [0, 0.1) is 5.92 Å². The average molecular weight is 506 g/mol. The predicted octanol–water partition coefficient (Wildman–Crippen LogP) is -2.30. The molecular weight excluding hydrogens is 466 g/mol. The van der Waals surface area contributed by atoms with E-state index < -0.39 is 54.5 Å². The van der Waals surface area contributed by atoms with E-state index in [0.717, 1.165) is 0 Å². The molecule has 0 saturated heterocycles. The van der Waals surface area contributed by atoms with Gasteiger partial charge < -0.3 is 43.4 Å². The molecular formula is C20H39N7O6S. The highest BCUT2D eigenvalue weighted by atomic mass is 32.2. The lowest BCUT2D eigenvalue weighted by Gasteiger charge is -2.26. The number of carboxylic acids is 1. The Morgan fingerprint density at radius 2 is 1.50 bits per heavy atom. The maximum atomic E-state index is 13.0. The van der Waals surface area contributed by atoms with Crippen molar-refractivity contribution in [3.8, 4) is 0 Å². The summed E-state index contributed by atoms with van der Waals surface area (Å²) >= 11 is 1.54. The van der Waals surface area contributed by atoms with Crippen molar-refractivity contribution >= 4 is 41.4 Å². The van der Waals surface area contributed by atoms with Gasteiger partial charge >= 0.3 is 5.97 Å². The lowest BCUT2D eigenvalue weighted by Crippen LogP contribution is -2.57. The number of rotatable bonds is 17. The van der Waals surface area contributed by atoms with Crippen LogP contribution >= 0.6 is 11.8 Å². The average Bonchev–Trinajstić information content (AvgIpc) is 2.75. The molecule has 0 rings (SSSR count). The maximum absolute atomic E-state index is 13.0. The zero-order valence-electron chi connectivity index (χ0n) is 20.0. The van der Waals surface area contributed by atoms with Crippen LogP contribution < -0.4 is 33.2 Å². The van der Waals surface area contributed by atoms with Gasteiger partial charge in [-0.25, -0.2) is 4.79 Å². The van der Waals surface area contributed by atoms with Gasteiger partial charge in [0.1, 0.15) is 18.1 Å². The van der Waals surface area contributed by atoms with Crippen LogP contribution in [-0.4, -0.2) is 89.2 Å². The minimum Gasteiger partial charge on any atom is -0.480 e. The number of nitrogens with zero attached hydrogens (tertiary/aromatic N) is 1. The van der Waals surface area contributed by atoms with Gasteiger partial charge in [-0.15, -0.1) is 0 Å².